The van der Waals surface area contributed by atoms with E-state index in [0.717, 1.165) is 27.7 Å². The minimum atomic E-state index is -0.419. The summed E-state index contributed by atoms with van der Waals surface area (Å²) in [6.45, 7) is 0. The second-order valence-electron chi connectivity index (χ2n) is 9.60. The van der Waals surface area contributed by atoms with Gasteiger partial charge in [-0.15, -0.1) is 0 Å². The van der Waals surface area contributed by atoms with Crippen molar-refractivity contribution in [2.45, 2.75) is 10.8 Å². The van der Waals surface area contributed by atoms with Crippen molar-refractivity contribution in [1.82, 2.24) is 5.43 Å². The first kappa shape index (κ1) is 20.9. The Hall–Kier alpha value is -4.28. The zero-order chi connectivity index (χ0) is 24.4. The van der Waals surface area contributed by atoms with Gasteiger partial charge in [-0.05, 0) is 39.9 Å². The lowest BCUT2D eigenvalue weighted by atomic mass is 9.66. The maximum atomic E-state index is 6.63. The number of nitrogens with one attached hydrogen (secondary N) is 1. The predicted molar refractivity (Wildman–Crippen MR) is 150 cm³/mol. The third kappa shape index (κ3) is 2.87. The van der Waals surface area contributed by atoms with Crippen LogP contribution in [0.25, 0.3) is 11.1 Å². The van der Waals surface area contributed by atoms with Gasteiger partial charge in [0.05, 0.1) is 5.41 Å². The highest BCUT2D eigenvalue weighted by Crippen LogP contribution is 2.62. The fourth-order valence-corrected chi connectivity index (χ4v) is 7.17. The number of hydrazone groups is 1. The van der Waals surface area contributed by atoms with Gasteiger partial charge < -0.3 is 4.74 Å². The summed E-state index contributed by atoms with van der Waals surface area (Å²) in [5.41, 5.74) is 12.8. The van der Waals surface area contributed by atoms with Crippen molar-refractivity contribution in [3.8, 4) is 22.6 Å². The minimum Gasteiger partial charge on any atom is -0.457 e. The van der Waals surface area contributed by atoms with E-state index in [1.165, 1.54) is 33.4 Å². The SMILES string of the molecule is c1ccc(C2=NNC(c3ccc4c(c3)Oc3ccccc3C43c4ccccc4-c4ccccc43)S2)cc1. The van der Waals surface area contributed by atoms with Crippen molar-refractivity contribution < 1.29 is 4.74 Å². The van der Waals surface area contributed by atoms with Gasteiger partial charge in [-0.2, -0.15) is 5.10 Å². The van der Waals surface area contributed by atoms with Gasteiger partial charge in [0.25, 0.3) is 0 Å². The van der Waals surface area contributed by atoms with E-state index in [1.54, 1.807) is 11.8 Å². The molecule has 0 aromatic heterocycles. The summed E-state index contributed by atoms with van der Waals surface area (Å²) in [6, 6.07) is 43.1. The van der Waals surface area contributed by atoms with Crippen LogP contribution in [0.3, 0.4) is 0 Å². The topological polar surface area (TPSA) is 33.6 Å². The molecule has 1 aliphatic carbocycles. The van der Waals surface area contributed by atoms with E-state index >= 15 is 0 Å². The van der Waals surface area contributed by atoms with Crippen LogP contribution in [0, 0.1) is 0 Å². The van der Waals surface area contributed by atoms with Crippen LogP contribution >= 0.6 is 11.8 Å². The Kier molecular flexibility index (Phi) is 4.43. The molecule has 1 atom stereocenters. The quantitative estimate of drug-likeness (QED) is 0.266. The Morgan fingerprint density at radius 1 is 0.622 bits per heavy atom. The maximum absolute atomic E-state index is 6.63. The number of nitrogens with zero attached hydrogens (tertiary/aromatic N) is 1. The molecule has 3 nitrogen and oxygen atoms in total. The van der Waals surface area contributed by atoms with Gasteiger partial charge in [-0.1, -0.05) is 121 Å². The molecule has 5 aromatic carbocycles. The summed E-state index contributed by atoms with van der Waals surface area (Å²) in [5.74, 6) is 1.81. The van der Waals surface area contributed by atoms with Crippen LogP contribution in [0.15, 0.2) is 126 Å². The van der Waals surface area contributed by atoms with Crippen molar-refractivity contribution in [1.29, 1.82) is 0 Å². The Morgan fingerprint density at radius 3 is 2.00 bits per heavy atom. The zero-order valence-corrected chi connectivity index (χ0v) is 20.7. The Balaban J connectivity index is 1.30. The van der Waals surface area contributed by atoms with Crippen LogP contribution in [0.5, 0.6) is 11.5 Å². The summed E-state index contributed by atoms with van der Waals surface area (Å²) in [4.78, 5) is 0. The zero-order valence-electron chi connectivity index (χ0n) is 19.9. The molecule has 1 spiro atoms. The van der Waals surface area contributed by atoms with Gasteiger partial charge in [0.15, 0.2) is 0 Å². The molecule has 0 saturated heterocycles. The molecule has 0 saturated carbocycles. The first-order chi connectivity index (χ1) is 18.3. The van der Waals surface area contributed by atoms with E-state index < -0.39 is 5.41 Å². The molecule has 1 unspecified atom stereocenters. The molecule has 5 aromatic rings. The molecule has 1 N–H and O–H groups in total. The Morgan fingerprint density at radius 2 is 1.24 bits per heavy atom. The lowest BCUT2D eigenvalue weighted by Crippen LogP contribution is -2.32. The number of benzene rings is 5. The third-order valence-corrected chi connectivity index (χ3v) is 8.87. The lowest BCUT2D eigenvalue weighted by molar-refractivity contribution is 0.435. The van der Waals surface area contributed by atoms with Crippen molar-refractivity contribution in [2.75, 3.05) is 0 Å². The van der Waals surface area contributed by atoms with E-state index in [4.69, 9.17) is 4.74 Å². The number of ether oxygens (including phenoxy) is 1. The highest BCUT2D eigenvalue weighted by molar-refractivity contribution is 8.14. The summed E-state index contributed by atoms with van der Waals surface area (Å²) in [6.07, 6.45) is 0. The number of para-hydroxylation sites is 1. The average molecular weight is 495 g/mol. The highest BCUT2D eigenvalue weighted by atomic mass is 32.2. The Bertz CT molecular complexity index is 1680. The van der Waals surface area contributed by atoms with Crippen molar-refractivity contribution >= 4 is 16.8 Å². The fraction of sp³-hybridized carbons (Fsp3) is 0.0606. The third-order valence-electron chi connectivity index (χ3n) is 7.71. The molecule has 37 heavy (non-hydrogen) atoms. The minimum absolute atomic E-state index is 0.0281. The Labute approximate surface area is 219 Å². The molecule has 3 aliphatic rings. The molecule has 2 heterocycles. The molecular weight excluding hydrogens is 472 g/mol. The van der Waals surface area contributed by atoms with E-state index in [9.17, 15) is 0 Å². The van der Waals surface area contributed by atoms with Crippen LogP contribution in [-0.4, -0.2) is 5.04 Å². The molecule has 4 heteroatoms. The number of hydrogen-bond acceptors (Lipinski definition) is 4. The van der Waals surface area contributed by atoms with Gasteiger partial charge >= 0.3 is 0 Å². The number of hydrogen-bond donors (Lipinski definition) is 1. The van der Waals surface area contributed by atoms with Gasteiger partial charge in [0, 0.05) is 16.7 Å². The fourth-order valence-electron chi connectivity index (χ4n) is 6.18. The van der Waals surface area contributed by atoms with Crippen LogP contribution < -0.4 is 10.2 Å². The largest absolute Gasteiger partial charge is 0.457 e. The number of fused-ring (bicyclic) bond motifs is 9. The summed E-state index contributed by atoms with van der Waals surface area (Å²) in [5, 5.41) is 5.66. The summed E-state index contributed by atoms with van der Waals surface area (Å²) >= 11 is 1.74. The van der Waals surface area contributed by atoms with Crippen molar-refractivity contribution in [3.05, 3.63) is 155 Å². The first-order valence-corrected chi connectivity index (χ1v) is 13.4. The lowest BCUT2D eigenvalue weighted by Gasteiger charge is -2.39. The van der Waals surface area contributed by atoms with Crippen molar-refractivity contribution in [2.24, 2.45) is 5.10 Å². The monoisotopic (exact) mass is 494 g/mol. The molecule has 176 valence electrons. The first-order valence-electron chi connectivity index (χ1n) is 12.5. The van der Waals surface area contributed by atoms with Crippen LogP contribution in [0.2, 0.25) is 0 Å². The smallest absolute Gasteiger partial charge is 0.132 e. The predicted octanol–water partition coefficient (Wildman–Crippen LogP) is 7.85. The van der Waals surface area contributed by atoms with Crippen LogP contribution in [-0.2, 0) is 5.41 Å². The van der Waals surface area contributed by atoms with Gasteiger partial charge in [0.1, 0.15) is 21.9 Å². The van der Waals surface area contributed by atoms with Gasteiger partial charge in [0.2, 0.25) is 0 Å². The van der Waals surface area contributed by atoms with E-state index in [2.05, 4.69) is 114 Å². The number of rotatable bonds is 2. The number of thioether (sulfide) groups is 1. The van der Waals surface area contributed by atoms with E-state index in [1.807, 2.05) is 18.2 Å². The molecule has 2 aliphatic heterocycles. The van der Waals surface area contributed by atoms with Crippen LogP contribution in [0.1, 0.15) is 38.8 Å². The summed E-state index contributed by atoms with van der Waals surface area (Å²) < 4.78 is 6.63. The summed E-state index contributed by atoms with van der Waals surface area (Å²) in [7, 11) is 0. The molecule has 0 amide bonds. The van der Waals surface area contributed by atoms with Crippen LogP contribution in [0.4, 0.5) is 0 Å². The normalized spacial score (nSPS) is 17.6. The van der Waals surface area contributed by atoms with Crippen molar-refractivity contribution in [3.63, 3.8) is 0 Å². The van der Waals surface area contributed by atoms with Gasteiger partial charge in [-0.3, -0.25) is 5.43 Å². The van der Waals surface area contributed by atoms with E-state index in [0.29, 0.717) is 0 Å². The second kappa shape index (κ2) is 7.86. The molecule has 0 radical (unpaired) electrons. The molecule has 0 fully saturated rings. The van der Waals surface area contributed by atoms with Gasteiger partial charge in [-0.25, -0.2) is 0 Å². The molecular formula is C33H22N2OS. The maximum Gasteiger partial charge on any atom is 0.132 e. The second-order valence-corrected chi connectivity index (χ2v) is 10.7. The highest BCUT2D eigenvalue weighted by Gasteiger charge is 2.50. The van der Waals surface area contributed by atoms with E-state index in [-0.39, 0.29) is 5.37 Å². The standard InChI is InChI=1S/C33H22N2OS/c1-2-10-21(11-3-1)31-34-35-32(37-31)22-18-19-28-30(20-22)36-29-17-9-8-16-27(29)33(28)25-14-6-4-12-23(25)24-13-5-7-15-26(24)33/h1-20,32,35H. The molecule has 8 rings (SSSR count). The average Bonchev–Trinajstić information content (AvgIpc) is 3.57. The molecule has 0 bridgehead atoms.